The van der Waals surface area contributed by atoms with E-state index in [0.29, 0.717) is 0 Å². The first-order valence-electron chi connectivity index (χ1n) is 8.71. The second-order valence-corrected chi connectivity index (χ2v) is 7.30. The standard InChI is InChI=1S/C21H28OS/c1-4-7-17-22-19-13-15-20(16-14-19)23-21(5-2,6-3)18-11-9-8-10-12-18/h8-16H,4-7,17H2,1-3H3. The predicted molar refractivity (Wildman–Crippen MR) is 101 cm³/mol. The van der Waals surface area contributed by atoms with Crippen molar-refractivity contribution in [3.8, 4) is 5.75 Å². The maximum Gasteiger partial charge on any atom is 0.119 e. The van der Waals surface area contributed by atoms with Crippen LogP contribution in [0.15, 0.2) is 59.5 Å². The molecule has 124 valence electrons. The fourth-order valence-corrected chi connectivity index (χ4v) is 4.03. The second kappa shape index (κ2) is 9.02. The molecule has 0 unspecified atom stereocenters. The molecule has 0 atom stereocenters. The highest BCUT2D eigenvalue weighted by Crippen LogP contribution is 2.46. The molecule has 0 aromatic heterocycles. The number of hydrogen-bond donors (Lipinski definition) is 0. The van der Waals surface area contributed by atoms with Crippen molar-refractivity contribution in [1.82, 2.24) is 0 Å². The predicted octanol–water partition coefficient (Wildman–Crippen LogP) is 6.67. The molecule has 0 bridgehead atoms. The fourth-order valence-electron chi connectivity index (χ4n) is 2.77. The second-order valence-electron chi connectivity index (χ2n) is 5.84. The van der Waals surface area contributed by atoms with Crippen molar-refractivity contribution in [3.63, 3.8) is 0 Å². The summed E-state index contributed by atoms with van der Waals surface area (Å²) in [5.74, 6) is 0.973. The summed E-state index contributed by atoms with van der Waals surface area (Å²) in [4.78, 5) is 1.31. The normalized spacial score (nSPS) is 11.4. The summed E-state index contributed by atoms with van der Waals surface area (Å²) in [6.07, 6.45) is 4.51. The van der Waals surface area contributed by atoms with E-state index in [1.54, 1.807) is 0 Å². The molecule has 0 aliphatic carbocycles. The van der Waals surface area contributed by atoms with Gasteiger partial charge in [0, 0.05) is 9.64 Å². The van der Waals surface area contributed by atoms with E-state index >= 15 is 0 Å². The minimum atomic E-state index is 0.145. The van der Waals surface area contributed by atoms with Crippen molar-refractivity contribution in [3.05, 3.63) is 60.2 Å². The first kappa shape index (κ1) is 17.9. The van der Waals surface area contributed by atoms with Crippen molar-refractivity contribution < 1.29 is 4.74 Å². The van der Waals surface area contributed by atoms with Gasteiger partial charge in [0.05, 0.1) is 6.61 Å². The molecule has 23 heavy (non-hydrogen) atoms. The monoisotopic (exact) mass is 328 g/mol. The maximum absolute atomic E-state index is 5.76. The first-order chi connectivity index (χ1) is 11.2. The third-order valence-corrected chi connectivity index (χ3v) is 6.06. The summed E-state index contributed by atoms with van der Waals surface area (Å²) in [5, 5.41) is 0. The molecule has 2 rings (SSSR count). The van der Waals surface area contributed by atoms with Gasteiger partial charge in [-0.2, -0.15) is 0 Å². The maximum atomic E-state index is 5.76. The molecule has 0 aliphatic rings. The molecule has 2 aromatic rings. The van der Waals surface area contributed by atoms with Gasteiger partial charge in [-0.1, -0.05) is 57.5 Å². The van der Waals surface area contributed by atoms with E-state index in [-0.39, 0.29) is 4.75 Å². The van der Waals surface area contributed by atoms with Gasteiger partial charge in [0.25, 0.3) is 0 Å². The van der Waals surface area contributed by atoms with Gasteiger partial charge in [0.15, 0.2) is 0 Å². The Morgan fingerprint density at radius 1 is 0.870 bits per heavy atom. The Labute approximate surface area is 145 Å². The van der Waals surface area contributed by atoms with Crippen LogP contribution in [0.2, 0.25) is 0 Å². The van der Waals surface area contributed by atoms with Crippen LogP contribution in [0, 0.1) is 0 Å². The van der Waals surface area contributed by atoms with Gasteiger partial charge in [0.2, 0.25) is 0 Å². The molecular formula is C21H28OS. The summed E-state index contributed by atoms with van der Waals surface area (Å²) in [5.41, 5.74) is 1.42. The topological polar surface area (TPSA) is 9.23 Å². The highest BCUT2D eigenvalue weighted by Gasteiger charge is 2.29. The molecule has 0 fully saturated rings. The molecule has 0 heterocycles. The summed E-state index contributed by atoms with van der Waals surface area (Å²) in [7, 11) is 0. The Bertz CT molecular complexity index is 558. The van der Waals surface area contributed by atoms with Crippen molar-refractivity contribution >= 4 is 11.8 Å². The van der Waals surface area contributed by atoms with Crippen LogP contribution < -0.4 is 4.74 Å². The summed E-state index contributed by atoms with van der Waals surface area (Å²) < 4.78 is 5.90. The van der Waals surface area contributed by atoms with Crippen LogP contribution in [-0.2, 0) is 4.75 Å². The molecule has 2 aromatic carbocycles. The summed E-state index contributed by atoms with van der Waals surface area (Å²) in [6.45, 7) is 7.56. The van der Waals surface area contributed by atoms with E-state index in [2.05, 4.69) is 75.4 Å². The number of benzene rings is 2. The van der Waals surface area contributed by atoms with Crippen molar-refractivity contribution in [2.45, 2.75) is 56.1 Å². The molecule has 0 N–H and O–H groups in total. The molecule has 1 nitrogen and oxygen atoms in total. The number of unbranched alkanes of at least 4 members (excludes halogenated alkanes) is 1. The third-order valence-electron chi connectivity index (χ3n) is 4.35. The molecule has 0 saturated carbocycles. The van der Waals surface area contributed by atoms with Gasteiger partial charge in [-0.05, 0) is 49.1 Å². The van der Waals surface area contributed by atoms with Crippen LogP contribution >= 0.6 is 11.8 Å². The van der Waals surface area contributed by atoms with Gasteiger partial charge in [-0.15, -0.1) is 11.8 Å². The minimum Gasteiger partial charge on any atom is -0.494 e. The van der Waals surface area contributed by atoms with Crippen LogP contribution in [0.5, 0.6) is 5.75 Å². The Morgan fingerprint density at radius 3 is 2.09 bits per heavy atom. The highest BCUT2D eigenvalue weighted by molar-refractivity contribution is 8.00. The van der Waals surface area contributed by atoms with Crippen LogP contribution in [-0.4, -0.2) is 6.61 Å². The Balaban J connectivity index is 2.11. The number of ether oxygens (including phenoxy) is 1. The van der Waals surface area contributed by atoms with E-state index < -0.39 is 0 Å². The quantitative estimate of drug-likeness (QED) is 0.375. The molecule has 0 saturated heterocycles. The van der Waals surface area contributed by atoms with E-state index in [0.717, 1.165) is 31.6 Å². The highest BCUT2D eigenvalue weighted by atomic mass is 32.2. The summed E-state index contributed by atoms with van der Waals surface area (Å²) in [6, 6.07) is 19.4. The van der Waals surface area contributed by atoms with Gasteiger partial charge in [-0.25, -0.2) is 0 Å². The number of rotatable bonds is 9. The van der Waals surface area contributed by atoms with Crippen LogP contribution in [0.4, 0.5) is 0 Å². The van der Waals surface area contributed by atoms with E-state index in [1.807, 2.05) is 11.8 Å². The van der Waals surface area contributed by atoms with Crippen LogP contribution in [0.3, 0.4) is 0 Å². The van der Waals surface area contributed by atoms with Crippen LogP contribution in [0.25, 0.3) is 0 Å². The Morgan fingerprint density at radius 2 is 1.52 bits per heavy atom. The van der Waals surface area contributed by atoms with Gasteiger partial charge >= 0.3 is 0 Å². The lowest BCUT2D eigenvalue weighted by Crippen LogP contribution is -2.19. The number of hydrogen-bond acceptors (Lipinski definition) is 2. The third kappa shape index (κ3) is 4.78. The molecule has 2 heteroatoms. The Hall–Kier alpha value is -1.41. The van der Waals surface area contributed by atoms with Gasteiger partial charge in [-0.3, -0.25) is 0 Å². The largest absolute Gasteiger partial charge is 0.494 e. The fraction of sp³-hybridized carbons (Fsp3) is 0.429. The SMILES string of the molecule is CCCCOc1ccc(SC(CC)(CC)c2ccccc2)cc1. The average Bonchev–Trinajstić information content (AvgIpc) is 2.62. The Kier molecular flexibility index (Phi) is 7.04. The first-order valence-corrected chi connectivity index (χ1v) is 9.53. The zero-order valence-electron chi connectivity index (χ0n) is 14.5. The smallest absolute Gasteiger partial charge is 0.119 e. The van der Waals surface area contributed by atoms with Crippen LogP contribution in [0.1, 0.15) is 52.0 Å². The molecule has 0 aliphatic heterocycles. The van der Waals surface area contributed by atoms with Crippen molar-refractivity contribution in [2.24, 2.45) is 0 Å². The van der Waals surface area contributed by atoms with E-state index in [9.17, 15) is 0 Å². The lowest BCUT2D eigenvalue weighted by atomic mass is 9.93. The van der Waals surface area contributed by atoms with E-state index in [4.69, 9.17) is 4.74 Å². The molecular weight excluding hydrogens is 300 g/mol. The van der Waals surface area contributed by atoms with Gasteiger partial charge in [0.1, 0.15) is 5.75 Å². The zero-order chi connectivity index (χ0) is 16.5. The van der Waals surface area contributed by atoms with Crippen molar-refractivity contribution in [1.29, 1.82) is 0 Å². The lowest BCUT2D eigenvalue weighted by molar-refractivity contribution is 0.309. The minimum absolute atomic E-state index is 0.145. The molecule has 0 radical (unpaired) electrons. The van der Waals surface area contributed by atoms with Crippen molar-refractivity contribution in [2.75, 3.05) is 6.61 Å². The number of thioether (sulfide) groups is 1. The average molecular weight is 329 g/mol. The summed E-state index contributed by atoms with van der Waals surface area (Å²) >= 11 is 1.97. The van der Waals surface area contributed by atoms with E-state index in [1.165, 1.54) is 16.9 Å². The molecule has 0 amide bonds. The lowest BCUT2D eigenvalue weighted by Gasteiger charge is -2.32. The zero-order valence-corrected chi connectivity index (χ0v) is 15.4. The molecule has 0 spiro atoms. The van der Waals surface area contributed by atoms with Gasteiger partial charge < -0.3 is 4.74 Å².